The zero-order chi connectivity index (χ0) is 21.7. The SMILES string of the molecule is CC(C)(C)OC(=O)N(c1ccncc1NC(=O)c1nccnc1N)C1CCCNC1. The quantitative estimate of drug-likeness (QED) is 0.694. The van der Waals surface area contributed by atoms with Gasteiger partial charge in [0, 0.05) is 25.1 Å². The van der Waals surface area contributed by atoms with Crippen LogP contribution in [0.5, 0.6) is 0 Å². The van der Waals surface area contributed by atoms with Gasteiger partial charge >= 0.3 is 6.09 Å². The average Bonchev–Trinajstić information content (AvgIpc) is 2.69. The predicted molar refractivity (Wildman–Crippen MR) is 113 cm³/mol. The van der Waals surface area contributed by atoms with Crippen molar-refractivity contribution >= 4 is 29.2 Å². The Kier molecular flexibility index (Phi) is 6.46. The topological polar surface area (TPSA) is 135 Å². The molecule has 0 aromatic carbocycles. The first-order valence-corrected chi connectivity index (χ1v) is 9.81. The van der Waals surface area contributed by atoms with E-state index in [0.29, 0.717) is 17.9 Å². The Bertz CT molecular complexity index is 907. The van der Waals surface area contributed by atoms with E-state index in [0.717, 1.165) is 19.4 Å². The fourth-order valence-corrected chi connectivity index (χ4v) is 3.21. The molecule has 1 fully saturated rings. The van der Waals surface area contributed by atoms with Crippen LogP contribution in [0.15, 0.2) is 30.9 Å². The molecule has 1 saturated heterocycles. The molecule has 1 atom stereocenters. The maximum atomic E-state index is 13.1. The number of piperidine rings is 1. The molecule has 2 amide bonds. The largest absolute Gasteiger partial charge is 0.443 e. The normalized spacial score (nSPS) is 16.6. The Morgan fingerprint density at radius 3 is 2.70 bits per heavy atom. The molecule has 30 heavy (non-hydrogen) atoms. The molecule has 2 aromatic rings. The van der Waals surface area contributed by atoms with Crippen LogP contribution >= 0.6 is 0 Å². The van der Waals surface area contributed by atoms with Gasteiger partial charge in [-0.25, -0.2) is 14.8 Å². The number of amides is 2. The molecule has 3 rings (SSSR count). The third kappa shape index (κ3) is 5.20. The van der Waals surface area contributed by atoms with E-state index in [1.807, 2.05) is 20.8 Å². The van der Waals surface area contributed by atoms with E-state index in [-0.39, 0.29) is 17.6 Å². The number of pyridine rings is 1. The summed E-state index contributed by atoms with van der Waals surface area (Å²) in [5.74, 6) is -0.526. The summed E-state index contributed by atoms with van der Waals surface area (Å²) in [6.45, 7) is 6.95. The molecule has 160 valence electrons. The molecule has 1 aliphatic heterocycles. The lowest BCUT2D eigenvalue weighted by Crippen LogP contribution is -2.50. The molecule has 3 heterocycles. The number of aromatic nitrogens is 3. The first kappa shape index (κ1) is 21.4. The fourth-order valence-electron chi connectivity index (χ4n) is 3.21. The van der Waals surface area contributed by atoms with E-state index in [4.69, 9.17) is 10.5 Å². The van der Waals surface area contributed by atoms with Gasteiger partial charge in [0.1, 0.15) is 5.60 Å². The van der Waals surface area contributed by atoms with Crippen LogP contribution < -0.4 is 21.3 Å². The van der Waals surface area contributed by atoms with Crippen LogP contribution in [-0.2, 0) is 4.74 Å². The Balaban J connectivity index is 1.95. The van der Waals surface area contributed by atoms with E-state index in [2.05, 4.69) is 25.6 Å². The number of nitrogens with two attached hydrogens (primary N) is 1. The highest BCUT2D eigenvalue weighted by molar-refractivity contribution is 6.08. The smallest absolute Gasteiger partial charge is 0.415 e. The number of rotatable bonds is 4. The van der Waals surface area contributed by atoms with E-state index < -0.39 is 17.6 Å². The molecule has 10 heteroatoms. The molecule has 0 aliphatic carbocycles. The number of carbonyl (C=O) groups excluding carboxylic acids is 2. The molecule has 0 bridgehead atoms. The minimum Gasteiger partial charge on any atom is -0.443 e. The number of nitrogens with one attached hydrogen (secondary N) is 2. The zero-order valence-electron chi connectivity index (χ0n) is 17.4. The highest BCUT2D eigenvalue weighted by atomic mass is 16.6. The van der Waals surface area contributed by atoms with Gasteiger partial charge in [-0.1, -0.05) is 0 Å². The molecule has 0 saturated carbocycles. The minimum absolute atomic E-state index is 0.00421. The third-order valence-electron chi connectivity index (χ3n) is 4.47. The first-order chi connectivity index (χ1) is 14.3. The van der Waals surface area contributed by atoms with Crippen LogP contribution in [0.2, 0.25) is 0 Å². The second-order valence-electron chi connectivity index (χ2n) is 7.99. The number of ether oxygens (including phenoxy) is 1. The molecular formula is C20H27N7O3. The van der Waals surface area contributed by atoms with Crippen LogP contribution in [0.1, 0.15) is 44.1 Å². The lowest BCUT2D eigenvalue weighted by Gasteiger charge is -2.36. The molecule has 4 N–H and O–H groups in total. The number of nitrogen functional groups attached to an aromatic ring is 1. The van der Waals surface area contributed by atoms with Gasteiger partial charge in [-0.2, -0.15) is 0 Å². The summed E-state index contributed by atoms with van der Waals surface area (Å²) in [7, 11) is 0. The highest BCUT2D eigenvalue weighted by Gasteiger charge is 2.32. The summed E-state index contributed by atoms with van der Waals surface area (Å²) in [4.78, 5) is 39.4. The molecule has 0 radical (unpaired) electrons. The molecule has 1 unspecified atom stereocenters. The summed E-state index contributed by atoms with van der Waals surface area (Å²) < 4.78 is 5.65. The van der Waals surface area contributed by atoms with Gasteiger partial charge in [0.2, 0.25) is 0 Å². The maximum absolute atomic E-state index is 13.1. The Morgan fingerprint density at radius 2 is 2.03 bits per heavy atom. The summed E-state index contributed by atoms with van der Waals surface area (Å²) in [6.07, 6.45) is 7.07. The first-order valence-electron chi connectivity index (χ1n) is 9.81. The van der Waals surface area contributed by atoms with E-state index in [1.54, 1.807) is 17.2 Å². The molecule has 10 nitrogen and oxygen atoms in total. The van der Waals surface area contributed by atoms with E-state index in [1.165, 1.54) is 18.6 Å². The summed E-state index contributed by atoms with van der Waals surface area (Å²) in [5.41, 5.74) is 5.94. The van der Waals surface area contributed by atoms with Crippen molar-refractivity contribution in [2.45, 2.75) is 45.3 Å². The van der Waals surface area contributed by atoms with Crippen LogP contribution in [0.25, 0.3) is 0 Å². The van der Waals surface area contributed by atoms with Crippen molar-refractivity contribution in [1.29, 1.82) is 0 Å². The third-order valence-corrected chi connectivity index (χ3v) is 4.47. The van der Waals surface area contributed by atoms with Crippen molar-refractivity contribution in [3.8, 4) is 0 Å². The van der Waals surface area contributed by atoms with Crippen molar-refractivity contribution in [2.75, 3.05) is 29.0 Å². The van der Waals surface area contributed by atoms with Crippen LogP contribution in [0.4, 0.5) is 22.0 Å². The van der Waals surface area contributed by atoms with Gasteiger partial charge in [-0.3, -0.25) is 14.7 Å². The second-order valence-corrected chi connectivity index (χ2v) is 7.99. The molecular weight excluding hydrogens is 386 g/mol. The van der Waals surface area contributed by atoms with Crippen molar-refractivity contribution in [3.63, 3.8) is 0 Å². The van der Waals surface area contributed by atoms with E-state index in [9.17, 15) is 9.59 Å². The lowest BCUT2D eigenvalue weighted by molar-refractivity contribution is 0.0560. The number of anilines is 3. The Morgan fingerprint density at radius 1 is 1.27 bits per heavy atom. The van der Waals surface area contributed by atoms with E-state index >= 15 is 0 Å². The lowest BCUT2D eigenvalue weighted by atomic mass is 10.1. The molecule has 2 aromatic heterocycles. The van der Waals surface area contributed by atoms with Crippen molar-refractivity contribution < 1.29 is 14.3 Å². The number of carbonyl (C=O) groups is 2. The monoisotopic (exact) mass is 413 g/mol. The number of hydrogen-bond donors (Lipinski definition) is 3. The highest BCUT2D eigenvalue weighted by Crippen LogP contribution is 2.30. The molecule has 1 aliphatic rings. The standard InChI is InChI=1S/C20H27N7O3/c1-20(2,3)30-19(29)27(13-5-4-7-22-11-13)15-6-8-23-12-14(15)26-18(28)16-17(21)25-10-9-24-16/h6,8-10,12-13,22H,4-5,7,11H2,1-3H3,(H2,21,25)(H,26,28). The van der Waals surface area contributed by atoms with Crippen LogP contribution in [0.3, 0.4) is 0 Å². The number of nitrogens with zero attached hydrogens (tertiary/aromatic N) is 4. The van der Waals surface area contributed by atoms with Crippen molar-refractivity contribution in [2.24, 2.45) is 0 Å². The van der Waals surface area contributed by atoms with Gasteiger partial charge in [0.15, 0.2) is 11.5 Å². The summed E-state index contributed by atoms with van der Waals surface area (Å²) in [5, 5.41) is 6.06. The van der Waals surface area contributed by atoms with Gasteiger partial charge in [0.05, 0.1) is 23.6 Å². The average molecular weight is 413 g/mol. The number of hydrogen-bond acceptors (Lipinski definition) is 8. The Labute approximate surface area is 175 Å². The molecule has 0 spiro atoms. The Hall–Kier alpha value is -3.27. The van der Waals surface area contributed by atoms with Gasteiger partial charge in [-0.05, 0) is 46.2 Å². The fraction of sp³-hybridized carbons (Fsp3) is 0.450. The maximum Gasteiger partial charge on any atom is 0.415 e. The minimum atomic E-state index is -0.665. The second kappa shape index (κ2) is 9.04. The zero-order valence-corrected chi connectivity index (χ0v) is 17.4. The van der Waals surface area contributed by atoms with Crippen LogP contribution in [-0.4, -0.2) is 51.7 Å². The van der Waals surface area contributed by atoms with Crippen molar-refractivity contribution in [3.05, 3.63) is 36.5 Å². The van der Waals surface area contributed by atoms with Crippen LogP contribution in [0, 0.1) is 0 Å². The summed E-state index contributed by atoms with van der Waals surface area (Å²) in [6, 6.07) is 1.54. The van der Waals surface area contributed by atoms with Crippen molar-refractivity contribution in [1.82, 2.24) is 20.3 Å². The van der Waals surface area contributed by atoms with Gasteiger partial charge < -0.3 is 21.1 Å². The predicted octanol–water partition coefficient (Wildman–Crippen LogP) is 2.20. The summed E-state index contributed by atoms with van der Waals surface area (Å²) >= 11 is 0. The van der Waals surface area contributed by atoms with Gasteiger partial charge in [0.25, 0.3) is 5.91 Å². The van der Waals surface area contributed by atoms with Gasteiger partial charge in [-0.15, -0.1) is 0 Å².